The van der Waals surface area contributed by atoms with Crippen molar-refractivity contribution >= 4 is 9.30 Å². The van der Waals surface area contributed by atoms with Gasteiger partial charge in [-0.2, -0.15) is 0 Å². The van der Waals surface area contributed by atoms with E-state index in [4.69, 9.17) is 0 Å². The predicted molar refractivity (Wildman–Crippen MR) is 78.8 cm³/mol. The Balaban J connectivity index is -0.0000000902. The van der Waals surface area contributed by atoms with Gasteiger partial charge in [-0.3, -0.25) is 0 Å². The van der Waals surface area contributed by atoms with Crippen molar-refractivity contribution in [2.24, 2.45) is 17.8 Å². The predicted octanol–water partition coefficient (Wildman–Crippen LogP) is 1.86. The van der Waals surface area contributed by atoms with E-state index in [0.29, 0.717) is 17.8 Å². The zero-order valence-corrected chi connectivity index (χ0v) is 16.9. The second-order valence-corrected chi connectivity index (χ2v) is 5.85. The van der Waals surface area contributed by atoms with Crippen LogP contribution in [0.2, 0.25) is 0 Å². The molecular weight excluding hydrogens is 311 g/mol. The summed E-state index contributed by atoms with van der Waals surface area (Å²) >= 11 is 1.47. The van der Waals surface area contributed by atoms with Gasteiger partial charge in [0.15, 0.2) is 0 Å². The van der Waals surface area contributed by atoms with Crippen LogP contribution in [0.3, 0.4) is 0 Å². The molecule has 0 fully saturated rings. The zero-order valence-electron chi connectivity index (χ0n) is 14.6. The summed E-state index contributed by atoms with van der Waals surface area (Å²) in [5.41, 5.74) is 0. The third-order valence-corrected chi connectivity index (χ3v) is 2.82. The van der Waals surface area contributed by atoms with Gasteiger partial charge < -0.3 is 15.3 Å². The molecule has 0 saturated carbocycles. The number of hydrogen-bond donors (Lipinski definition) is 0. The van der Waals surface area contributed by atoms with Gasteiger partial charge in [-0.15, -0.1) is 18.3 Å². The second kappa shape index (κ2) is 19.9. The summed E-state index contributed by atoms with van der Waals surface area (Å²) in [7, 11) is 4.64. The maximum atomic E-state index is 10.2. The fourth-order valence-electron chi connectivity index (χ4n) is 0. The third-order valence-electron chi connectivity index (χ3n) is 2.82. The van der Waals surface area contributed by atoms with Crippen LogP contribution in [0.1, 0.15) is 62.3 Å². The quantitative estimate of drug-likeness (QED) is 0.734. The Morgan fingerprint density at radius 2 is 0.550 bits per heavy atom. The average Bonchev–Trinajstić information content (AvgIpc) is 2.32. The van der Waals surface area contributed by atoms with Gasteiger partial charge in [0.05, 0.1) is 0 Å². The van der Waals surface area contributed by atoms with Gasteiger partial charge in [-0.25, -0.2) is 0 Å². The first-order chi connectivity index (χ1) is 8.93. The first kappa shape index (κ1) is 29.0. The molecular formula is C15H33ClO3Ti. The number of hydrogen-bond acceptors (Lipinski definition) is 3. The molecule has 122 valence electrons. The van der Waals surface area contributed by atoms with Crippen LogP contribution in [0.5, 0.6) is 0 Å². The summed E-state index contributed by atoms with van der Waals surface area (Å²) in [5, 5.41) is 30.7. The van der Waals surface area contributed by atoms with Crippen molar-refractivity contribution in [3.8, 4) is 0 Å². The maximum absolute atomic E-state index is 10.2. The molecule has 0 bridgehead atoms. The molecule has 0 amide bonds. The van der Waals surface area contributed by atoms with Crippen LogP contribution < -0.4 is 15.3 Å². The van der Waals surface area contributed by atoms with Crippen molar-refractivity contribution in [1.82, 2.24) is 0 Å². The summed E-state index contributed by atoms with van der Waals surface area (Å²) < 4.78 is 0. The normalized spacial score (nSPS) is 14.3. The summed E-state index contributed by atoms with van der Waals surface area (Å²) in [4.78, 5) is 0. The van der Waals surface area contributed by atoms with Gasteiger partial charge in [0, 0.05) is 0 Å². The topological polar surface area (TPSA) is 69.2 Å². The first-order valence-corrected chi connectivity index (χ1v) is 9.24. The van der Waals surface area contributed by atoms with Crippen LogP contribution in [0, 0.1) is 17.8 Å². The van der Waals surface area contributed by atoms with Crippen molar-refractivity contribution in [3.63, 3.8) is 0 Å². The van der Waals surface area contributed by atoms with Gasteiger partial charge in [0.1, 0.15) is 0 Å². The zero-order chi connectivity index (χ0) is 17.5. The van der Waals surface area contributed by atoms with Crippen LogP contribution >= 0.6 is 9.30 Å². The van der Waals surface area contributed by atoms with Crippen LogP contribution in [-0.2, 0) is 19.4 Å². The minimum absolute atomic E-state index is 0.296. The van der Waals surface area contributed by atoms with E-state index in [-0.39, 0.29) is 0 Å². The Labute approximate surface area is 142 Å². The van der Waals surface area contributed by atoms with Crippen LogP contribution in [0.25, 0.3) is 0 Å². The third kappa shape index (κ3) is 36.4. The van der Waals surface area contributed by atoms with E-state index in [2.05, 4.69) is 9.30 Å². The fraction of sp³-hybridized carbons (Fsp3) is 1.00. The van der Waals surface area contributed by atoms with E-state index >= 15 is 0 Å². The Morgan fingerprint density at radius 1 is 0.500 bits per heavy atom. The molecule has 0 aliphatic carbocycles. The Hall–Kier alpha value is 0.884. The van der Waals surface area contributed by atoms with E-state index in [1.165, 1.54) is 19.4 Å². The molecule has 0 radical (unpaired) electrons. The molecule has 0 aliphatic heterocycles. The van der Waals surface area contributed by atoms with Gasteiger partial charge in [-0.05, 0) is 0 Å². The molecule has 20 heavy (non-hydrogen) atoms. The molecule has 3 atom stereocenters. The second-order valence-electron chi connectivity index (χ2n) is 5.85. The number of rotatable bonds is 3. The molecule has 0 aromatic heterocycles. The van der Waals surface area contributed by atoms with Gasteiger partial charge in [0.2, 0.25) is 0 Å². The fourth-order valence-corrected chi connectivity index (χ4v) is 0. The summed E-state index contributed by atoms with van der Waals surface area (Å²) in [6, 6.07) is 0. The molecule has 3 nitrogen and oxygen atoms in total. The van der Waals surface area contributed by atoms with Crippen molar-refractivity contribution in [1.29, 1.82) is 0 Å². The van der Waals surface area contributed by atoms with Crippen molar-refractivity contribution < 1.29 is 34.7 Å². The summed E-state index contributed by atoms with van der Waals surface area (Å²) in [6.45, 7) is 16.6. The van der Waals surface area contributed by atoms with E-state index in [9.17, 15) is 15.3 Å². The van der Waals surface area contributed by atoms with E-state index in [0.717, 1.165) is 0 Å². The number of halogens is 1. The summed E-state index contributed by atoms with van der Waals surface area (Å²) in [5.74, 6) is 0.889. The van der Waals surface area contributed by atoms with E-state index < -0.39 is 18.3 Å². The van der Waals surface area contributed by atoms with E-state index in [1.807, 2.05) is 41.5 Å². The molecule has 0 aromatic carbocycles. The molecule has 0 rings (SSSR count). The van der Waals surface area contributed by atoms with Gasteiger partial charge in [-0.1, -0.05) is 80.1 Å². The molecule has 0 saturated heterocycles. The Bertz CT molecular complexity index is 115. The molecule has 0 aliphatic rings. The Morgan fingerprint density at radius 3 is 0.550 bits per heavy atom. The van der Waals surface area contributed by atoms with Crippen LogP contribution in [-0.4, -0.2) is 18.3 Å². The van der Waals surface area contributed by atoms with Crippen molar-refractivity contribution in [3.05, 3.63) is 0 Å². The van der Waals surface area contributed by atoms with E-state index in [1.54, 1.807) is 20.8 Å². The van der Waals surface area contributed by atoms with Crippen LogP contribution in [0.15, 0.2) is 0 Å². The molecule has 5 heteroatoms. The standard InChI is InChI=1S/3C5H11O.ClH.Ti/c3*1-4(2)5(3)6;;/h3*4-5H,1-3H3;1H;/q3*-1;;+4/p-1. The molecule has 0 N–H and O–H groups in total. The van der Waals surface area contributed by atoms with Crippen molar-refractivity contribution in [2.75, 3.05) is 0 Å². The summed E-state index contributed by atoms with van der Waals surface area (Å²) in [6.07, 6.45) is -1.19. The minimum atomic E-state index is -0.398. The SMILES string of the molecule is CC(C)C(C)[O-].CC(C)C(C)[O-].CC(C)C(C)[O-].[Cl][Ti+3]. The average molecular weight is 345 g/mol. The monoisotopic (exact) mass is 344 g/mol. The van der Waals surface area contributed by atoms with Crippen LogP contribution in [0.4, 0.5) is 0 Å². The molecule has 0 aromatic rings. The first-order valence-electron chi connectivity index (χ1n) is 7.09. The van der Waals surface area contributed by atoms with Gasteiger partial charge >= 0.3 is 28.7 Å². The molecule has 0 spiro atoms. The van der Waals surface area contributed by atoms with Gasteiger partial charge in [0.25, 0.3) is 0 Å². The Kier molecular flexibility index (Phi) is 28.8. The molecule has 0 heterocycles. The molecule has 3 unspecified atom stereocenters. The van der Waals surface area contributed by atoms with Crippen molar-refractivity contribution in [2.45, 2.75) is 80.6 Å².